The van der Waals surface area contributed by atoms with Crippen LogP contribution in [0.1, 0.15) is 138 Å². The highest BCUT2D eigenvalue weighted by Gasteiger charge is 2.21. The van der Waals surface area contributed by atoms with Crippen LogP contribution >= 0.6 is 11.6 Å². The molecule has 0 aliphatic rings. The average molecular weight is 610 g/mol. The van der Waals surface area contributed by atoms with Crippen molar-refractivity contribution in [3.05, 3.63) is 69.8 Å². The number of aryl methyl sites for hydroxylation is 3. The zero-order valence-electron chi connectivity index (χ0n) is 26.9. The average Bonchev–Trinajstić information content (AvgIpc) is 3.44. The van der Waals surface area contributed by atoms with Crippen LogP contribution in [0, 0.1) is 13.8 Å². The number of aromatic nitrogens is 2. The van der Waals surface area contributed by atoms with Gasteiger partial charge in [-0.2, -0.15) is 4.98 Å². The number of ether oxygens (including phenoxy) is 1. The van der Waals surface area contributed by atoms with E-state index in [9.17, 15) is 4.79 Å². The highest BCUT2D eigenvalue weighted by Crippen LogP contribution is 2.28. The highest BCUT2D eigenvalue weighted by molar-refractivity contribution is 6.34. The molecule has 43 heavy (non-hydrogen) atoms. The molecule has 1 unspecified atom stereocenters. The van der Waals surface area contributed by atoms with Gasteiger partial charge in [-0.1, -0.05) is 126 Å². The molecular formula is C36H52ClN3O3. The summed E-state index contributed by atoms with van der Waals surface area (Å²) in [5, 5.41) is 7.41. The third-order valence-corrected chi connectivity index (χ3v) is 8.19. The van der Waals surface area contributed by atoms with Crippen molar-refractivity contribution >= 4 is 23.2 Å². The van der Waals surface area contributed by atoms with Crippen molar-refractivity contribution in [1.29, 1.82) is 0 Å². The molecule has 0 aliphatic carbocycles. The molecule has 1 atom stereocenters. The normalized spacial score (nSPS) is 11.9. The Hall–Kier alpha value is -2.86. The van der Waals surface area contributed by atoms with E-state index >= 15 is 0 Å². The van der Waals surface area contributed by atoms with Gasteiger partial charge >= 0.3 is 0 Å². The molecule has 6 nitrogen and oxygen atoms in total. The number of nitrogens with one attached hydrogen (secondary N) is 1. The van der Waals surface area contributed by atoms with Crippen molar-refractivity contribution in [2.45, 2.75) is 137 Å². The van der Waals surface area contributed by atoms with Crippen molar-refractivity contribution in [3.8, 4) is 5.75 Å². The van der Waals surface area contributed by atoms with E-state index in [2.05, 4.69) is 34.5 Å². The molecule has 0 spiro atoms. The van der Waals surface area contributed by atoms with Crippen molar-refractivity contribution in [3.63, 3.8) is 0 Å². The van der Waals surface area contributed by atoms with Crippen LogP contribution in [-0.4, -0.2) is 16.0 Å². The molecule has 0 saturated carbocycles. The SMILES string of the molecule is CCCCCCCCCCCCCCCc1cccc(OC(CC)c2nc(CC(=O)Nc3c(C)cc(C)cc3Cl)no2)c1. The lowest BCUT2D eigenvalue weighted by molar-refractivity contribution is -0.115. The highest BCUT2D eigenvalue weighted by atomic mass is 35.5. The number of halogens is 1. The van der Waals surface area contributed by atoms with Crippen LogP contribution in [0.25, 0.3) is 0 Å². The Kier molecular flexibility index (Phi) is 15.6. The molecule has 1 aromatic heterocycles. The second-order valence-electron chi connectivity index (χ2n) is 11.9. The zero-order valence-corrected chi connectivity index (χ0v) is 27.6. The first kappa shape index (κ1) is 34.6. The minimum atomic E-state index is -0.385. The Morgan fingerprint density at radius 3 is 2.19 bits per heavy atom. The second kappa shape index (κ2) is 19.4. The van der Waals surface area contributed by atoms with Gasteiger partial charge in [0.25, 0.3) is 5.89 Å². The monoisotopic (exact) mass is 609 g/mol. The van der Waals surface area contributed by atoms with Crippen LogP contribution in [0.4, 0.5) is 5.69 Å². The molecule has 3 rings (SSSR count). The molecule has 1 heterocycles. The number of carbonyl (C=O) groups excluding carboxylic acids is 1. The molecule has 0 saturated heterocycles. The molecule has 0 radical (unpaired) electrons. The molecule has 1 amide bonds. The number of hydrogen-bond acceptors (Lipinski definition) is 5. The lowest BCUT2D eigenvalue weighted by Crippen LogP contribution is -2.16. The van der Waals surface area contributed by atoms with Crippen LogP contribution < -0.4 is 10.1 Å². The lowest BCUT2D eigenvalue weighted by atomic mass is 10.0. The smallest absolute Gasteiger partial charge is 0.267 e. The van der Waals surface area contributed by atoms with Crippen molar-refractivity contribution in [2.24, 2.45) is 0 Å². The summed E-state index contributed by atoms with van der Waals surface area (Å²) in [6, 6.07) is 12.1. The number of carbonyl (C=O) groups is 1. The number of nitrogens with zero attached hydrogens (tertiary/aromatic N) is 2. The largest absolute Gasteiger partial charge is 0.481 e. The van der Waals surface area contributed by atoms with Crippen LogP contribution in [-0.2, 0) is 17.6 Å². The summed E-state index contributed by atoms with van der Waals surface area (Å²) in [6.07, 6.45) is 19.0. The molecule has 0 fully saturated rings. The van der Waals surface area contributed by atoms with E-state index in [4.69, 9.17) is 20.9 Å². The second-order valence-corrected chi connectivity index (χ2v) is 12.3. The topological polar surface area (TPSA) is 77.2 Å². The maximum absolute atomic E-state index is 12.7. The molecule has 3 aromatic rings. The number of rotatable bonds is 21. The standard InChI is InChI=1S/C36H52ClN3O3/c1-5-7-8-9-10-11-12-13-14-15-16-17-18-20-29-21-19-22-30(25-29)42-32(6-2)36-38-33(40-43-36)26-34(41)39-35-28(4)23-27(3)24-31(35)37/h19,21-25,32H,5-18,20,26H2,1-4H3,(H,39,41). The van der Waals surface area contributed by atoms with E-state index in [1.807, 2.05) is 45.0 Å². The minimum absolute atomic E-state index is 0.0157. The fraction of sp³-hybridized carbons (Fsp3) is 0.583. The Bertz CT molecular complexity index is 1220. The Labute approximate surface area is 264 Å². The van der Waals surface area contributed by atoms with Crippen LogP contribution in [0.2, 0.25) is 5.02 Å². The van der Waals surface area contributed by atoms with E-state index in [1.165, 1.54) is 89.0 Å². The van der Waals surface area contributed by atoms with Gasteiger partial charge in [-0.05, 0) is 68.0 Å². The lowest BCUT2D eigenvalue weighted by Gasteiger charge is -2.14. The van der Waals surface area contributed by atoms with Gasteiger partial charge in [-0.25, -0.2) is 0 Å². The van der Waals surface area contributed by atoms with E-state index in [1.54, 1.807) is 0 Å². The summed E-state index contributed by atoms with van der Waals surface area (Å²) in [5.74, 6) is 1.22. The predicted octanol–water partition coefficient (Wildman–Crippen LogP) is 10.7. The summed E-state index contributed by atoms with van der Waals surface area (Å²) in [5.41, 5.74) is 3.83. The summed E-state index contributed by atoms with van der Waals surface area (Å²) >= 11 is 6.33. The molecular weight excluding hydrogens is 558 g/mol. The van der Waals surface area contributed by atoms with Gasteiger partial charge in [0, 0.05) is 0 Å². The zero-order chi connectivity index (χ0) is 30.9. The van der Waals surface area contributed by atoms with E-state index in [0.717, 1.165) is 23.3 Å². The van der Waals surface area contributed by atoms with Gasteiger partial charge in [-0.15, -0.1) is 0 Å². The summed E-state index contributed by atoms with van der Waals surface area (Å²) in [7, 11) is 0. The quantitative estimate of drug-likeness (QED) is 0.122. The van der Waals surface area contributed by atoms with Crippen LogP contribution in [0.5, 0.6) is 5.75 Å². The molecule has 236 valence electrons. The minimum Gasteiger partial charge on any atom is -0.481 e. The molecule has 2 aromatic carbocycles. The van der Waals surface area contributed by atoms with Crippen molar-refractivity contribution in [2.75, 3.05) is 5.32 Å². The number of anilines is 1. The third kappa shape index (κ3) is 12.7. The summed E-state index contributed by atoms with van der Waals surface area (Å²) < 4.78 is 11.7. The van der Waals surface area contributed by atoms with Gasteiger partial charge in [0.05, 0.1) is 17.1 Å². The fourth-order valence-electron chi connectivity index (χ4n) is 5.47. The molecule has 1 N–H and O–H groups in total. The summed E-state index contributed by atoms with van der Waals surface area (Å²) in [6.45, 7) is 8.17. The fourth-order valence-corrected chi connectivity index (χ4v) is 5.83. The Balaban J connectivity index is 1.37. The molecule has 7 heteroatoms. The van der Waals surface area contributed by atoms with E-state index in [0.29, 0.717) is 28.8 Å². The van der Waals surface area contributed by atoms with Crippen LogP contribution in [0.3, 0.4) is 0 Å². The van der Waals surface area contributed by atoms with Crippen LogP contribution in [0.15, 0.2) is 40.9 Å². The Morgan fingerprint density at radius 1 is 0.907 bits per heavy atom. The van der Waals surface area contributed by atoms with Gasteiger partial charge < -0.3 is 14.6 Å². The maximum Gasteiger partial charge on any atom is 0.267 e. The summed E-state index contributed by atoms with van der Waals surface area (Å²) in [4.78, 5) is 17.1. The Morgan fingerprint density at radius 2 is 1.56 bits per heavy atom. The number of amides is 1. The van der Waals surface area contributed by atoms with E-state index in [-0.39, 0.29) is 18.4 Å². The van der Waals surface area contributed by atoms with Gasteiger partial charge in [0.1, 0.15) is 5.75 Å². The van der Waals surface area contributed by atoms with E-state index < -0.39 is 0 Å². The first-order valence-corrected chi connectivity index (χ1v) is 16.9. The predicted molar refractivity (Wildman–Crippen MR) is 177 cm³/mol. The third-order valence-electron chi connectivity index (χ3n) is 7.89. The van der Waals surface area contributed by atoms with Crippen molar-refractivity contribution < 1.29 is 14.1 Å². The number of benzene rings is 2. The molecule has 0 aliphatic heterocycles. The van der Waals surface area contributed by atoms with Gasteiger partial charge in [-0.3, -0.25) is 4.79 Å². The van der Waals surface area contributed by atoms with Crippen molar-refractivity contribution in [1.82, 2.24) is 10.1 Å². The number of unbranched alkanes of at least 4 members (excludes halogenated alkanes) is 12. The van der Waals surface area contributed by atoms with Gasteiger partial charge in [0.2, 0.25) is 5.91 Å². The van der Waals surface area contributed by atoms with Gasteiger partial charge in [0.15, 0.2) is 11.9 Å². The first-order valence-electron chi connectivity index (χ1n) is 16.5. The first-order chi connectivity index (χ1) is 20.9. The maximum atomic E-state index is 12.7. The molecule has 0 bridgehead atoms. The number of hydrogen-bond donors (Lipinski definition) is 1.